The van der Waals surface area contributed by atoms with Crippen LogP contribution >= 0.6 is 11.3 Å². The van der Waals surface area contributed by atoms with E-state index < -0.39 is 0 Å². The minimum atomic E-state index is -0.333. The Hall–Kier alpha value is -2.53. The Labute approximate surface area is 141 Å². The maximum absolute atomic E-state index is 14.1. The van der Waals surface area contributed by atoms with E-state index in [2.05, 4.69) is 5.32 Å². The summed E-state index contributed by atoms with van der Waals surface area (Å²) in [5.74, 6) is -1.02. The van der Waals surface area contributed by atoms with Crippen molar-refractivity contribution >= 4 is 22.9 Å². The van der Waals surface area contributed by atoms with Gasteiger partial charge in [-0.3, -0.25) is 4.79 Å². The highest BCUT2D eigenvalue weighted by Gasteiger charge is 2.31. The largest absolute Gasteiger partial charge is 0.325 e. The Morgan fingerprint density at radius 3 is 2.67 bits per heavy atom. The molecular formula is C19H13F2NOS. The van der Waals surface area contributed by atoms with E-state index in [9.17, 15) is 13.6 Å². The number of hydrogen-bond acceptors (Lipinski definition) is 2. The fourth-order valence-corrected chi connectivity index (χ4v) is 4.25. The van der Waals surface area contributed by atoms with E-state index in [1.807, 2.05) is 11.4 Å². The summed E-state index contributed by atoms with van der Waals surface area (Å²) in [5, 5.41) is 4.71. The standard InChI is InChI=1S/C19H13F2NOS/c20-12-5-3-4-11(8-12)14-9-17(23)22-18-15(10-24-19(14)18)13-6-1-2-7-16(13)21/h1-8,10,14H,9H2,(H,22,23)/t14-/m0/s1. The summed E-state index contributed by atoms with van der Waals surface area (Å²) in [4.78, 5) is 13.1. The van der Waals surface area contributed by atoms with E-state index in [0.717, 1.165) is 10.4 Å². The van der Waals surface area contributed by atoms with Gasteiger partial charge in [0.25, 0.3) is 0 Å². The molecule has 2 heterocycles. The molecular weight excluding hydrogens is 328 g/mol. The number of amides is 1. The highest BCUT2D eigenvalue weighted by molar-refractivity contribution is 7.11. The lowest BCUT2D eigenvalue weighted by molar-refractivity contribution is -0.116. The molecule has 0 unspecified atom stereocenters. The highest BCUT2D eigenvalue weighted by atomic mass is 32.1. The van der Waals surface area contributed by atoms with Crippen LogP contribution in [-0.2, 0) is 4.79 Å². The van der Waals surface area contributed by atoms with Crippen molar-refractivity contribution < 1.29 is 13.6 Å². The summed E-state index contributed by atoms with van der Waals surface area (Å²) in [6.07, 6.45) is 0.258. The lowest BCUT2D eigenvalue weighted by Gasteiger charge is -2.24. The second-order valence-electron chi connectivity index (χ2n) is 5.73. The highest BCUT2D eigenvalue weighted by Crippen LogP contribution is 2.46. The van der Waals surface area contributed by atoms with Gasteiger partial charge in [-0.2, -0.15) is 0 Å². The molecule has 0 saturated carbocycles. The van der Waals surface area contributed by atoms with Crippen LogP contribution in [0.4, 0.5) is 14.5 Å². The van der Waals surface area contributed by atoms with Crippen molar-refractivity contribution in [3.05, 3.63) is 76.0 Å². The molecule has 1 N–H and O–H groups in total. The van der Waals surface area contributed by atoms with Gasteiger partial charge in [-0.25, -0.2) is 8.78 Å². The molecule has 2 nitrogen and oxygen atoms in total. The maximum atomic E-state index is 14.1. The fourth-order valence-electron chi connectivity index (χ4n) is 3.10. The molecule has 1 atom stereocenters. The van der Waals surface area contributed by atoms with Crippen LogP contribution < -0.4 is 5.32 Å². The number of anilines is 1. The molecule has 5 heteroatoms. The van der Waals surface area contributed by atoms with Crippen molar-refractivity contribution in [1.82, 2.24) is 0 Å². The number of carbonyl (C=O) groups is 1. The molecule has 0 radical (unpaired) electrons. The lowest BCUT2D eigenvalue weighted by Crippen LogP contribution is -2.22. The molecule has 0 spiro atoms. The summed E-state index contributed by atoms with van der Waals surface area (Å²) in [6, 6.07) is 12.8. The summed E-state index contributed by atoms with van der Waals surface area (Å²) in [5.41, 5.74) is 2.52. The van der Waals surface area contributed by atoms with Gasteiger partial charge in [-0.15, -0.1) is 11.3 Å². The zero-order valence-electron chi connectivity index (χ0n) is 12.6. The number of benzene rings is 2. The average Bonchev–Trinajstić information content (AvgIpc) is 2.98. The van der Waals surface area contributed by atoms with E-state index in [1.165, 1.54) is 29.5 Å². The molecule has 0 saturated heterocycles. The topological polar surface area (TPSA) is 29.1 Å². The normalized spacial score (nSPS) is 16.6. The van der Waals surface area contributed by atoms with Crippen molar-refractivity contribution in [3.63, 3.8) is 0 Å². The molecule has 2 aromatic carbocycles. The Morgan fingerprint density at radius 2 is 1.88 bits per heavy atom. The minimum Gasteiger partial charge on any atom is -0.325 e. The molecule has 1 aliphatic heterocycles. The van der Waals surface area contributed by atoms with Gasteiger partial charge >= 0.3 is 0 Å². The van der Waals surface area contributed by atoms with Crippen molar-refractivity contribution in [2.24, 2.45) is 0 Å². The van der Waals surface area contributed by atoms with E-state index in [1.54, 1.807) is 24.3 Å². The second kappa shape index (κ2) is 5.83. The number of hydrogen-bond donors (Lipinski definition) is 1. The zero-order chi connectivity index (χ0) is 16.7. The van der Waals surface area contributed by atoms with Crippen LogP contribution in [0.5, 0.6) is 0 Å². The first-order valence-electron chi connectivity index (χ1n) is 7.55. The summed E-state index contributed by atoms with van der Waals surface area (Å²) in [7, 11) is 0. The first-order valence-corrected chi connectivity index (χ1v) is 8.43. The van der Waals surface area contributed by atoms with Crippen LogP contribution in [0.1, 0.15) is 22.8 Å². The van der Waals surface area contributed by atoms with Crippen LogP contribution in [0.25, 0.3) is 11.1 Å². The van der Waals surface area contributed by atoms with Gasteiger partial charge in [0.05, 0.1) is 5.69 Å². The lowest BCUT2D eigenvalue weighted by atomic mass is 9.89. The quantitative estimate of drug-likeness (QED) is 0.685. The van der Waals surface area contributed by atoms with E-state index in [4.69, 9.17) is 0 Å². The SMILES string of the molecule is O=C1C[C@@H](c2cccc(F)c2)c2scc(-c3ccccc3F)c2N1. The molecule has 0 aliphatic carbocycles. The third-order valence-corrected chi connectivity index (χ3v) is 5.30. The van der Waals surface area contributed by atoms with Crippen molar-refractivity contribution in [2.45, 2.75) is 12.3 Å². The maximum Gasteiger partial charge on any atom is 0.225 e. The second-order valence-corrected chi connectivity index (χ2v) is 6.64. The Morgan fingerprint density at radius 1 is 1.04 bits per heavy atom. The number of nitrogens with one attached hydrogen (secondary N) is 1. The third kappa shape index (κ3) is 2.51. The van der Waals surface area contributed by atoms with Crippen molar-refractivity contribution in [1.29, 1.82) is 0 Å². The third-order valence-electron chi connectivity index (χ3n) is 4.20. The molecule has 1 aromatic heterocycles. The number of rotatable bonds is 2. The Kier molecular flexibility index (Phi) is 3.65. The number of thiophene rings is 1. The molecule has 3 aromatic rings. The van der Waals surface area contributed by atoms with Crippen LogP contribution in [0.3, 0.4) is 0 Å². The van der Waals surface area contributed by atoms with Gasteiger partial charge in [0, 0.05) is 33.7 Å². The monoisotopic (exact) mass is 341 g/mol. The van der Waals surface area contributed by atoms with E-state index in [-0.39, 0.29) is 29.9 Å². The number of halogens is 2. The van der Waals surface area contributed by atoms with Crippen LogP contribution in [0.15, 0.2) is 53.9 Å². The molecule has 1 aliphatic rings. The Bertz CT molecular complexity index is 935. The summed E-state index contributed by atoms with van der Waals surface area (Å²) < 4.78 is 27.7. The zero-order valence-corrected chi connectivity index (χ0v) is 13.4. The summed E-state index contributed by atoms with van der Waals surface area (Å²) >= 11 is 1.46. The van der Waals surface area contributed by atoms with Crippen LogP contribution in [0.2, 0.25) is 0 Å². The van der Waals surface area contributed by atoms with Crippen LogP contribution in [-0.4, -0.2) is 5.91 Å². The molecule has 0 fully saturated rings. The van der Waals surface area contributed by atoms with Gasteiger partial charge in [0.15, 0.2) is 0 Å². The molecule has 1 amide bonds. The number of carbonyl (C=O) groups excluding carboxylic acids is 1. The first-order chi connectivity index (χ1) is 11.6. The molecule has 24 heavy (non-hydrogen) atoms. The molecule has 4 rings (SSSR count). The smallest absolute Gasteiger partial charge is 0.225 e. The van der Waals surface area contributed by atoms with Gasteiger partial charge in [0.1, 0.15) is 11.6 Å². The van der Waals surface area contributed by atoms with Crippen molar-refractivity contribution in [2.75, 3.05) is 5.32 Å². The van der Waals surface area contributed by atoms with Gasteiger partial charge in [-0.05, 0) is 23.8 Å². The van der Waals surface area contributed by atoms with Gasteiger partial charge in [-0.1, -0.05) is 30.3 Å². The molecule has 120 valence electrons. The van der Waals surface area contributed by atoms with Gasteiger partial charge in [0.2, 0.25) is 5.91 Å². The average molecular weight is 341 g/mol. The minimum absolute atomic E-state index is 0.146. The van der Waals surface area contributed by atoms with Gasteiger partial charge < -0.3 is 5.32 Å². The predicted octanol–water partition coefficient (Wildman–Crippen LogP) is 5.17. The molecule has 0 bridgehead atoms. The Balaban J connectivity index is 1.85. The summed E-state index contributed by atoms with van der Waals surface area (Å²) in [6.45, 7) is 0. The van der Waals surface area contributed by atoms with Crippen molar-refractivity contribution in [3.8, 4) is 11.1 Å². The van der Waals surface area contributed by atoms with E-state index in [0.29, 0.717) is 16.8 Å². The predicted molar refractivity (Wildman–Crippen MR) is 91.2 cm³/mol. The number of fused-ring (bicyclic) bond motifs is 1. The van der Waals surface area contributed by atoms with E-state index >= 15 is 0 Å². The van der Waals surface area contributed by atoms with Crippen LogP contribution in [0, 0.1) is 11.6 Å². The fraction of sp³-hybridized carbons (Fsp3) is 0.105. The first kappa shape index (κ1) is 15.0.